The minimum absolute atomic E-state index is 0.165. The van der Waals surface area contributed by atoms with Gasteiger partial charge in [0, 0.05) is 22.5 Å². The van der Waals surface area contributed by atoms with Gasteiger partial charge in [-0.3, -0.25) is 0 Å². The van der Waals surface area contributed by atoms with Crippen molar-refractivity contribution in [3.8, 4) is 0 Å². The van der Waals surface area contributed by atoms with Crippen LogP contribution in [0.1, 0.15) is 43.0 Å². The van der Waals surface area contributed by atoms with E-state index in [1.54, 1.807) is 24.3 Å². The summed E-state index contributed by atoms with van der Waals surface area (Å²) >= 11 is 17.9. The molecule has 1 saturated carbocycles. The lowest BCUT2D eigenvalue weighted by molar-refractivity contribution is 0.0686. The summed E-state index contributed by atoms with van der Waals surface area (Å²) in [5.41, 5.74) is 2.27. The number of aromatic nitrogens is 3. The maximum Gasteiger partial charge on any atom is 0.407 e. The van der Waals surface area contributed by atoms with E-state index in [0.717, 1.165) is 36.2 Å². The van der Waals surface area contributed by atoms with E-state index in [9.17, 15) is 4.79 Å². The van der Waals surface area contributed by atoms with Crippen molar-refractivity contribution in [1.82, 2.24) is 20.3 Å². The van der Waals surface area contributed by atoms with Crippen molar-refractivity contribution in [1.29, 1.82) is 0 Å². The number of alkyl carbamates (subject to hydrolysis) is 1. The molecular weight excluding hydrogens is 435 g/mol. The van der Waals surface area contributed by atoms with Crippen molar-refractivity contribution >= 4 is 52.1 Å². The molecule has 1 amide bonds. The third-order valence-electron chi connectivity index (χ3n) is 4.98. The fourth-order valence-corrected chi connectivity index (χ4v) is 4.38. The third kappa shape index (κ3) is 5.13. The third-order valence-corrected chi connectivity index (χ3v) is 5.62. The molecule has 1 aliphatic carbocycles. The predicted octanol–water partition coefficient (Wildman–Crippen LogP) is 5.87. The average molecular weight is 454 g/mol. The van der Waals surface area contributed by atoms with Crippen LogP contribution in [0, 0.1) is 0 Å². The highest BCUT2D eigenvalue weighted by Crippen LogP contribution is 2.33. The van der Waals surface area contributed by atoms with Crippen molar-refractivity contribution < 1.29 is 9.53 Å². The second-order valence-corrected chi connectivity index (χ2v) is 8.41. The fourth-order valence-electron chi connectivity index (χ4n) is 3.66. The lowest BCUT2D eigenvalue weighted by Crippen LogP contribution is -2.31. The topological polar surface area (TPSA) is 79.9 Å². The van der Waals surface area contributed by atoms with E-state index < -0.39 is 6.09 Å². The highest BCUT2D eigenvalue weighted by molar-refractivity contribution is 6.34. The minimum atomic E-state index is -0.454. The van der Waals surface area contributed by atoms with E-state index >= 15 is 0 Å². The summed E-state index contributed by atoms with van der Waals surface area (Å²) in [5, 5.41) is 4.23. The summed E-state index contributed by atoms with van der Waals surface area (Å²) in [6.45, 7) is 0.297. The number of hydrogen-bond acceptors (Lipinski definition) is 4. The predicted molar refractivity (Wildman–Crippen MR) is 114 cm³/mol. The summed E-state index contributed by atoms with van der Waals surface area (Å²) < 4.78 is 5.62. The summed E-state index contributed by atoms with van der Waals surface area (Å²) in [4.78, 5) is 24.3. The first kappa shape index (κ1) is 20.3. The Morgan fingerprint density at radius 1 is 1.14 bits per heavy atom. The molecule has 1 aliphatic rings. The zero-order chi connectivity index (χ0) is 20.4. The number of ether oxygens (including phenoxy) is 1. The molecule has 0 radical (unpaired) electrons. The van der Waals surface area contributed by atoms with E-state index in [1.165, 1.54) is 0 Å². The van der Waals surface area contributed by atoms with Crippen LogP contribution in [0.4, 0.5) is 4.79 Å². The van der Waals surface area contributed by atoms with Gasteiger partial charge in [0.15, 0.2) is 5.65 Å². The molecule has 9 heteroatoms. The number of H-pyrrole nitrogens is 1. The smallest absolute Gasteiger partial charge is 0.407 e. The van der Waals surface area contributed by atoms with Crippen LogP contribution in [0.5, 0.6) is 0 Å². The van der Waals surface area contributed by atoms with E-state index in [2.05, 4.69) is 20.3 Å². The Morgan fingerprint density at radius 3 is 2.72 bits per heavy atom. The van der Waals surface area contributed by atoms with Crippen molar-refractivity contribution in [2.75, 3.05) is 0 Å². The Hall–Kier alpha value is -2.02. The number of carbonyl (C=O) groups is 1. The van der Waals surface area contributed by atoms with Crippen molar-refractivity contribution in [3.63, 3.8) is 0 Å². The zero-order valence-electron chi connectivity index (χ0n) is 15.4. The molecule has 0 bridgehead atoms. The quantitative estimate of drug-likeness (QED) is 0.484. The highest BCUT2D eigenvalue weighted by Gasteiger charge is 2.28. The van der Waals surface area contributed by atoms with Gasteiger partial charge in [-0.15, -0.1) is 0 Å². The number of carbonyl (C=O) groups excluding carboxylic acids is 1. The zero-order valence-corrected chi connectivity index (χ0v) is 17.7. The Kier molecular flexibility index (Phi) is 6.13. The molecule has 152 valence electrons. The molecule has 0 saturated heterocycles. The standard InChI is InChI=1S/C20H19Cl3N4O2/c21-13-6-11(7-14(22)9-13)10-24-20(28)29-15-3-1-2-12(8-15)18-25-16-4-5-17(23)26-19(16)27-18/h4-7,9,12,15H,1-3,8,10H2,(H,24,28)(H,25,26,27). The molecule has 3 aromatic rings. The Morgan fingerprint density at radius 2 is 1.93 bits per heavy atom. The van der Waals surface area contributed by atoms with Crippen LogP contribution < -0.4 is 5.32 Å². The van der Waals surface area contributed by atoms with Gasteiger partial charge in [-0.2, -0.15) is 0 Å². The minimum Gasteiger partial charge on any atom is -0.446 e. The van der Waals surface area contributed by atoms with Gasteiger partial charge in [0.05, 0.1) is 5.52 Å². The van der Waals surface area contributed by atoms with E-state index in [-0.39, 0.29) is 12.0 Å². The summed E-state index contributed by atoms with van der Waals surface area (Å²) in [6, 6.07) is 8.76. The van der Waals surface area contributed by atoms with Crippen LogP contribution in [0.3, 0.4) is 0 Å². The SMILES string of the molecule is O=C(NCc1cc(Cl)cc(Cl)c1)OC1CCCC(c2nc3nc(Cl)ccc3[nH]2)C1. The number of amides is 1. The lowest BCUT2D eigenvalue weighted by atomic mass is 9.86. The summed E-state index contributed by atoms with van der Waals surface area (Å²) in [7, 11) is 0. The lowest BCUT2D eigenvalue weighted by Gasteiger charge is -2.27. The van der Waals surface area contributed by atoms with Crippen LogP contribution in [0.2, 0.25) is 15.2 Å². The Balaban J connectivity index is 1.34. The highest BCUT2D eigenvalue weighted by atomic mass is 35.5. The second kappa shape index (κ2) is 8.78. The molecule has 29 heavy (non-hydrogen) atoms. The molecule has 2 atom stereocenters. The number of halogens is 3. The van der Waals surface area contributed by atoms with E-state index in [0.29, 0.717) is 33.8 Å². The van der Waals surface area contributed by atoms with Gasteiger partial charge < -0.3 is 15.0 Å². The largest absolute Gasteiger partial charge is 0.446 e. The normalized spacial score (nSPS) is 19.3. The van der Waals surface area contributed by atoms with Gasteiger partial charge in [0.25, 0.3) is 0 Å². The monoisotopic (exact) mass is 452 g/mol. The molecule has 2 aromatic heterocycles. The molecule has 2 N–H and O–H groups in total. The number of hydrogen-bond donors (Lipinski definition) is 2. The maximum absolute atomic E-state index is 12.2. The molecular formula is C20H19Cl3N4O2. The number of pyridine rings is 1. The number of nitrogens with one attached hydrogen (secondary N) is 2. The van der Waals surface area contributed by atoms with Gasteiger partial charge in [-0.25, -0.2) is 14.8 Å². The molecule has 6 nitrogen and oxygen atoms in total. The first-order chi connectivity index (χ1) is 14.0. The second-order valence-electron chi connectivity index (χ2n) is 7.15. The van der Waals surface area contributed by atoms with Gasteiger partial charge in [-0.1, -0.05) is 34.8 Å². The average Bonchev–Trinajstić information content (AvgIpc) is 3.09. The first-order valence-corrected chi connectivity index (χ1v) is 10.5. The molecule has 2 heterocycles. The van der Waals surface area contributed by atoms with Gasteiger partial charge in [0.2, 0.25) is 0 Å². The van der Waals surface area contributed by atoms with Gasteiger partial charge in [-0.05, 0) is 61.6 Å². The number of nitrogens with zero attached hydrogens (tertiary/aromatic N) is 2. The van der Waals surface area contributed by atoms with Crippen molar-refractivity contribution in [2.45, 2.75) is 44.2 Å². The molecule has 4 rings (SSSR count). The molecule has 0 aliphatic heterocycles. The van der Waals surface area contributed by atoms with Crippen LogP contribution in [-0.4, -0.2) is 27.1 Å². The molecule has 1 fully saturated rings. The number of rotatable bonds is 4. The fraction of sp³-hybridized carbons (Fsp3) is 0.350. The number of benzene rings is 1. The van der Waals surface area contributed by atoms with Crippen LogP contribution in [-0.2, 0) is 11.3 Å². The van der Waals surface area contributed by atoms with Crippen molar-refractivity contribution in [2.24, 2.45) is 0 Å². The van der Waals surface area contributed by atoms with E-state index in [4.69, 9.17) is 39.5 Å². The first-order valence-electron chi connectivity index (χ1n) is 9.38. The molecule has 0 spiro atoms. The molecule has 2 unspecified atom stereocenters. The number of imidazole rings is 1. The van der Waals surface area contributed by atoms with Gasteiger partial charge in [0.1, 0.15) is 17.1 Å². The maximum atomic E-state index is 12.2. The number of aromatic amines is 1. The summed E-state index contributed by atoms with van der Waals surface area (Å²) in [6.07, 6.45) is 2.86. The Labute approximate surface area is 182 Å². The molecule has 1 aromatic carbocycles. The summed E-state index contributed by atoms with van der Waals surface area (Å²) in [5.74, 6) is 1.04. The van der Waals surface area contributed by atoms with E-state index in [1.807, 2.05) is 6.07 Å². The number of fused-ring (bicyclic) bond motifs is 1. The van der Waals surface area contributed by atoms with Crippen LogP contribution in [0.25, 0.3) is 11.2 Å². The van der Waals surface area contributed by atoms with Crippen LogP contribution >= 0.6 is 34.8 Å². The van der Waals surface area contributed by atoms with Gasteiger partial charge >= 0.3 is 6.09 Å². The van der Waals surface area contributed by atoms with Crippen LogP contribution in [0.15, 0.2) is 30.3 Å². The van der Waals surface area contributed by atoms with Crippen molar-refractivity contribution in [3.05, 3.63) is 56.9 Å². The Bertz CT molecular complexity index is 1020.